The molecular formula is C8H5N3O2. The van der Waals surface area contributed by atoms with Crippen molar-refractivity contribution in [2.24, 2.45) is 0 Å². The summed E-state index contributed by atoms with van der Waals surface area (Å²) in [5.74, 6) is 0.211. The maximum Gasteiger partial charge on any atom is 0.281 e. The van der Waals surface area contributed by atoms with Crippen LogP contribution in [0, 0.1) is 0 Å². The monoisotopic (exact) mass is 175 g/mol. The Morgan fingerprint density at radius 3 is 2.85 bits per heavy atom. The average molecular weight is 175 g/mol. The van der Waals surface area contributed by atoms with Gasteiger partial charge in [-0.15, -0.1) is 10.2 Å². The van der Waals surface area contributed by atoms with Crippen LogP contribution < -0.4 is 0 Å². The molecule has 0 unspecified atom stereocenters. The minimum absolute atomic E-state index is 0.0411. The first-order chi connectivity index (χ1) is 6.40. The Morgan fingerprint density at radius 1 is 1.31 bits per heavy atom. The van der Waals surface area contributed by atoms with Crippen molar-refractivity contribution >= 4 is 6.29 Å². The largest absolute Gasteiger partial charge is 0.412 e. The molecule has 13 heavy (non-hydrogen) atoms. The van der Waals surface area contributed by atoms with Crippen molar-refractivity contribution in [3.63, 3.8) is 0 Å². The van der Waals surface area contributed by atoms with Gasteiger partial charge in [0, 0.05) is 6.20 Å². The van der Waals surface area contributed by atoms with E-state index >= 15 is 0 Å². The van der Waals surface area contributed by atoms with E-state index in [1.165, 1.54) is 0 Å². The van der Waals surface area contributed by atoms with Crippen molar-refractivity contribution in [2.75, 3.05) is 0 Å². The van der Waals surface area contributed by atoms with Crippen LogP contribution >= 0.6 is 0 Å². The number of aldehydes is 1. The Labute approximate surface area is 73.4 Å². The summed E-state index contributed by atoms with van der Waals surface area (Å²) in [4.78, 5) is 14.2. The SMILES string of the molecule is O=Cc1nnc(-c2ccccn2)o1. The van der Waals surface area contributed by atoms with Crippen LogP contribution in [0.1, 0.15) is 10.7 Å². The van der Waals surface area contributed by atoms with Gasteiger partial charge in [0.05, 0.1) is 0 Å². The fraction of sp³-hybridized carbons (Fsp3) is 0. The molecule has 0 N–H and O–H groups in total. The second-order valence-corrected chi connectivity index (χ2v) is 2.28. The predicted molar refractivity (Wildman–Crippen MR) is 42.9 cm³/mol. The number of pyridine rings is 1. The van der Waals surface area contributed by atoms with E-state index in [2.05, 4.69) is 15.2 Å². The molecule has 0 aliphatic heterocycles. The molecule has 0 spiro atoms. The van der Waals surface area contributed by atoms with E-state index in [1.807, 2.05) is 0 Å². The van der Waals surface area contributed by atoms with E-state index < -0.39 is 0 Å². The molecule has 0 aromatic carbocycles. The normalized spacial score (nSPS) is 9.85. The van der Waals surface area contributed by atoms with Gasteiger partial charge in [0.1, 0.15) is 5.69 Å². The van der Waals surface area contributed by atoms with Gasteiger partial charge in [0.25, 0.3) is 11.8 Å². The summed E-state index contributed by atoms with van der Waals surface area (Å²) in [6.45, 7) is 0. The molecule has 0 aliphatic rings. The van der Waals surface area contributed by atoms with Crippen LogP contribution in [0.15, 0.2) is 28.8 Å². The number of aromatic nitrogens is 3. The molecule has 2 aromatic rings. The van der Waals surface area contributed by atoms with Gasteiger partial charge >= 0.3 is 0 Å². The van der Waals surface area contributed by atoms with Gasteiger partial charge in [-0.2, -0.15) is 0 Å². The molecule has 0 bridgehead atoms. The molecule has 0 atom stereocenters. The summed E-state index contributed by atoms with van der Waals surface area (Å²) in [6.07, 6.45) is 2.11. The molecule has 0 aliphatic carbocycles. The Kier molecular flexibility index (Phi) is 1.84. The molecule has 2 heterocycles. The first-order valence-electron chi connectivity index (χ1n) is 3.60. The van der Waals surface area contributed by atoms with Crippen molar-refractivity contribution < 1.29 is 9.21 Å². The standard InChI is InChI=1S/C8H5N3O2/c12-5-7-10-11-8(13-7)6-3-1-2-4-9-6/h1-5H. The summed E-state index contributed by atoms with van der Waals surface area (Å²) in [5, 5.41) is 7.13. The summed E-state index contributed by atoms with van der Waals surface area (Å²) in [6, 6.07) is 5.30. The lowest BCUT2D eigenvalue weighted by atomic mass is 10.3. The van der Waals surface area contributed by atoms with Gasteiger partial charge in [-0.05, 0) is 12.1 Å². The lowest BCUT2D eigenvalue weighted by molar-refractivity contribution is 0.109. The van der Waals surface area contributed by atoms with E-state index in [0.29, 0.717) is 12.0 Å². The number of carbonyl (C=O) groups excluding carboxylic acids is 1. The Bertz CT molecular complexity index is 410. The fourth-order valence-electron chi connectivity index (χ4n) is 0.875. The first kappa shape index (κ1) is 7.60. The molecular weight excluding hydrogens is 170 g/mol. The number of hydrogen-bond donors (Lipinski definition) is 0. The van der Waals surface area contributed by atoms with Gasteiger partial charge < -0.3 is 4.42 Å². The summed E-state index contributed by atoms with van der Waals surface area (Å²) in [7, 11) is 0. The third-order valence-electron chi connectivity index (χ3n) is 1.43. The van der Waals surface area contributed by atoms with E-state index in [1.54, 1.807) is 24.4 Å². The quantitative estimate of drug-likeness (QED) is 0.635. The van der Waals surface area contributed by atoms with Gasteiger partial charge in [-0.1, -0.05) is 6.07 Å². The van der Waals surface area contributed by atoms with E-state index in [9.17, 15) is 4.79 Å². The van der Waals surface area contributed by atoms with Crippen LogP contribution in [0.2, 0.25) is 0 Å². The molecule has 64 valence electrons. The van der Waals surface area contributed by atoms with Crippen molar-refractivity contribution in [1.82, 2.24) is 15.2 Å². The number of nitrogens with zero attached hydrogens (tertiary/aromatic N) is 3. The third-order valence-corrected chi connectivity index (χ3v) is 1.43. The zero-order valence-corrected chi connectivity index (χ0v) is 6.54. The number of rotatable bonds is 2. The Hall–Kier alpha value is -2.04. The molecule has 2 rings (SSSR count). The molecule has 0 amide bonds. The van der Waals surface area contributed by atoms with Crippen LogP contribution in [-0.2, 0) is 0 Å². The van der Waals surface area contributed by atoms with Gasteiger partial charge in [0.2, 0.25) is 6.29 Å². The summed E-state index contributed by atoms with van der Waals surface area (Å²) in [5.41, 5.74) is 0.558. The van der Waals surface area contributed by atoms with E-state index in [-0.39, 0.29) is 11.8 Å². The van der Waals surface area contributed by atoms with Crippen LogP contribution in [0.5, 0.6) is 0 Å². The van der Waals surface area contributed by atoms with Gasteiger partial charge in [0.15, 0.2) is 0 Å². The van der Waals surface area contributed by atoms with Crippen LogP contribution in [0.4, 0.5) is 0 Å². The second-order valence-electron chi connectivity index (χ2n) is 2.28. The minimum Gasteiger partial charge on any atom is -0.412 e. The topological polar surface area (TPSA) is 68.9 Å². The predicted octanol–water partition coefficient (Wildman–Crippen LogP) is 0.944. The Morgan fingerprint density at radius 2 is 2.23 bits per heavy atom. The molecule has 5 heteroatoms. The molecule has 0 saturated heterocycles. The number of hydrogen-bond acceptors (Lipinski definition) is 5. The highest BCUT2D eigenvalue weighted by Crippen LogP contribution is 2.12. The number of carbonyl (C=O) groups is 1. The maximum absolute atomic E-state index is 10.2. The molecule has 0 fully saturated rings. The van der Waals surface area contributed by atoms with Crippen LogP contribution in [-0.4, -0.2) is 21.5 Å². The smallest absolute Gasteiger partial charge is 0.281 e. The van der Waals surface area contributed by atoms with Crippen LogP contribution in [0.25, 0.3) is 11.6 Å². The first-order valence-corrected chi connectivity index (χ1v) is 3.60. The minimum atomic E-state index is -0.0411. The zero-order valence-electron chi connectivity index (χ0n) is 6.54. The van der Waals surface area contributed by atoms with Crippen molar-refractivity contribution in [2.45, 2.75) is 0 Å². The summed E-state index contributed by atoms with van der Waals surface area (Å²) >= 11 is 0. The fourth-order valence-corrected chi connectivity index (χ4v) is 0.875. The van der Waals surface area contributed by atoms with E-state index in [0.717, 1.165) is 0 Å². The second kappa shape index (κ2) is 3.14. The lowest BCUT2D eigenvalue weighted by Gasteiger charge is -1.89. The van der Waals surface area contributed by atoms with Gasteiger partial charge in [-0.3, -0.25) is 9.78 Å². The van der Waals surface area contributed by atoms with Crippen molar-refractivity contribution in [1.29, 1.82) is 0 Å². The van der Waals surface area contributed by atoms with Crippen LogP contribution in [0.3, 0.4) is 0 Å². The lowest BCUT2D eigenvalue weighted by Crippen LogP contribution is -1.80. The molecule has 0 radical (unpaired) electrons. The highest BCUT2D eigenvalue weighted by molar-refractivity contribution is 5.67. The molecule has 5 nitrogen and oxygen atoms in total. The highest BCUT2D eigenvalue weighted by atomic mass is 16.4. The molecule has 2 aromatic heterocycles. The summed E-state index contributed by atoms with van der Waals surface area (Å²) < 4.78 is 4.97. The molecule has 0 saturated carbocycles. The average Bonchev–Trinajstić information content (AvgIpc) is 2.67. The van der Waals surface area contributed by atoms with Crippen molar-refractivity contribution in [3.8, 4) is 11.6 Å². The van der Waals surface area contributed by atoms with Crippen molar-refractivity contribution in [3.05, 3.63) is 30.3 Å². The Balaban J connectivity index is 2.41. The zero-order chi connectivity index (χ0) is 9.10. The third kappa shape index (κ3) is 1.44. The van der Waals surface area contributed by atoms with E-state index in [4.69, 9.17) is 4.42 Å². The van der Waals surface area contributed by atoms with Gasteiger partial charge in [-0.25, -0.2) is 0 Å². The maximum atomic E-state index is 10.2. The highest BCUT2D eigenvalue weighted by Gasteiger charge is 2.07.